The predicted molar refractivity (Wildman–Crippen MR) is 75.5 cm³/mol. The molecule has 0 saturated heterocycles. The van der Waals surface area contributed by atoms with Crippen molar-refractivity contribution < 1.29 is 4.52 Å². The Balaban J connectivity index is 1.89. The molecule has 3 aromatic rings. The molecule has 7 nitrogen and oxygen atoms in total. The lowest BCUT2D eigenvalue weighted by Crippen LogP contribution is -2.10. The van der Waals surface area contributed by atoms with Crippen molar-refractivity contribution in [3.05, 3.63) is 34.9 Å². The second kappa shape index (κ2) is 5.51. The van der Waals surface area contributed by atoms with E-state index in [0.29, 0.717) is 30.5 Å². The van der Waals surface area contributed by atoms with Gasteiger partial charge in [0.25, 0.3) is 5.89 Å². The molecule has 0 unspecified atom stereocenters. The van der Waals surface area contributed by atoms with Crippen LogP contribution in [0.15, 0.2) is 39.5 Å². The van der Waals surface area contributed by atoms with Crippen LogP contribution in [0.25, 0.3) is 23.0 Å². The zero-order valence-corrected chi connectivity index (χ0v) is 12.0. The second-order valence-electron chi connectivity index (χ2n) is 4.09. The summed E-state index contributed by atoms with van der Waals surface area (Å²) in [6.07, 6.45) is 1.73. The van der Waals surface area contributed by atoms with Gasteiger partial charge in [-0.1, -0.05) is 38.4 Å². The van der Waals surface area contributed by atoms with Crippen LogP contribution in [0.5, 0.6) is 0 Å². The monoisotopic (exact) mass is 334 g/mol. The molecule has 3 rings (SSSR count). The number of benzene rings is 1. The fourth-order valence-electron chi connectivity index (χ4n) is 1.71. The molecular weight excluding hydrogens is 324 g/mol. The van der Waals surface area contributed by atoms with Crippen LogP contribution >= 0.6 is 15.9 Å². The van der Waals surface area contributed by atoms with Crippen molar-refractivity contribution in [1.82, 2.24) is 25.1 Å². The Kier molecular flexibility index (Phi) is 3.57. The van der Waals surface area contributed by atoms with Crippen molar-refractivity contribution in [2.45, 2.75) is 6.54 Å². The van der Waals surface area contributed by atoms with Crippen LogP contribution in [0.2, 0.25) is 0 Å². The van der Waals surface area contributed by atoms with Crippen LogP contribution in [0.3, 0.4) is 0 Å². The van der Waals surface area contributed by atoms with E-state index in [1.54, 1.807) is 10.9 Å². The molecule has 0 spiro atoms. The van der Waals surface area contributed by atoms with E-state index in [-0.39, 0.29) is 0 Å². The lowest BCUT2D eigenvalue weighted by Gasteiger charge is -1.93. The second-order valence-corrected chi connectivity index (χ2v) is 5.00. The molecule has 1 aromatic carbocycles. The molecule has 2 aromatic heterocycles. The molecule has 0 aliphatic rings. The zero-order valence-electron chi connectivity index (χ0n) is 10.4. The fourth-order valence-corrected chi connectivity index (χ4v) is 2.11. The van der Waals surface area contributed by atoms with E-state index in [1.807, 2.05) is 24.3 Å². The van der Waals surface area contributed by atoms with E-state index >= 15 is 0 Å². The Hall–Kier alpha value is -2.06. The minimum Gasteiger partial charge on any atom is -0.332 e. The van der Waals surface area contributed by atoms with Gasteiger partial charge in [-0.15, -0.1) is 5.10 Å². The standard InChI is InChI=1S/C12H11BrN6O/c13-9-3-1-2-8(6-9)11-15-12(20-17-11)10-7-19(5-4-14)18-16-10/h1-3,6-7H,4-5,14H2. The molecule has 8 heteroatoms. The SMILES string of the molecule is NCCn1cc(-c2nc(-c3cccc(Br)c3)no2)nn1. The largest absolute Gasteiger partial charge is 0.332 e. The molecule has 2 heterocycles. The molecule has 0 saturated carbocycles. The number of hydrogen-bond donors (Lipinski definition) is 1. The Morgan fingerprint density at radius 1 is 1.35 bits per heavy atom. The molecule has 20 heavy (non-hydrogen) atoms. The summed E-state index contributed by atoms with van der Waals surface area (Å²) in [6.45, 7) is 1.09. The highest BCUT2D eigenvalue weighted by molar-refractivity contribution is 9.10. The van der Waals surface area contributed by atoms with Gasteiger partial charge in [0.1, 0.15) is 0 Å². The van der Waals surface area contributed by atoms with Gasteiger partial charge in [-0.3, -0.25) is 4.68 Å². The molecule has 0 amide bonds. The maximum atomic E-state index is 5.46. The van der Waals surface area contributed by atoms with Gasteiger partial charge in [0.15, 0.2) is 5.69 Å². The highest BCUT2D eigenvalue weighted by Gasteiger charge is 2.13. The van der Waals surface area contributed by atoms with Crippen LogP contribution in [0.1, 0.15) is 0 Å². The Morgan fingerprint density at radius 2 is 2.25 bits per heavy atom. The molecule has 0 aliphatic heterocycles. The molecule has 0 atom stereocenters. The van der Waals surface area contributed by atoms with Gasteiger partial charge in [-0.2, -0.15) is 4.98 Å². The van der Waals surface area contributed by atoms with Crippen molar-refractivity contribution in [3.8, 4) is 23.0 Å². The van der Waals surface area contributed by atoms with Crippen LogP contribution in [-0.4, -0.2) is 31.7 Å². The average molecular weight is 335 g/mol. The summed E-state index contributed by atoms with van der Waals surface area (Å²) in [5.41, 5.74) is 6.86. The van der Waals surface area contributed by atoms with E-state index in [2.05, 4.69) is 36.4 Å². The van der Waals surface area contributed by atoms with Crippen LogP contribution in [-0.2, 0) is 6.54 Å². The maximum absolute atomic E-state index is 5.46. The summed E-state index contributed by atoms with van der Waals surface area (Å²) in [5, 5.41) is 11.9. The maximum Gasteiger partial charge on any atom is 0.280 e. The molecular formula is C12H11BrN6O. The van der Waals surface area contributed by atoms with Gasteiger partial charge in [-0.25, -0.2) is 0 Å². The highest BCUT2D eigenvalue weighted by atomic mass is 79.9. The molecule has 0 bridgehead atoms. The van der Waals surface area contributed by atoms with Crippen molar-refractivity contribution in [2.24, 2.45) is 5.73 Å². The summed E-state index contributed by atoms with van der Waals surface area (Å²) in [5.74, 6) is 0.845. The third-order valence-electron chi connectivity index (χ3n) is 2.62. The third kappa shape index (κ3) is 2.61. The molecule has 0 aliphatic carbocycles. The minimum atomic E-state index is 0.336. The molecule has 0 fully saturated rings. The van der Waals surface area contributed by atoms with E-state index < -0.39 is 0 Å². The lowest BCUT2D eigenvalue weighted by atomic mass is 10.2. The Labute approximate surface area is 122 Å². The summed E-state index contributed by atoms with van der Waals surface area (Å²) < 4.78 is 7.80. The Morgan fingerprint density at radius 3 is 3.05 bits per heavy atom. The normalized spacial score (nSPS) is 10.9. The summed E-state index contributed by atoms with van der Waals surface area (Å²) in [4.78, 5) is 4.32. The van der Waals surface area contributed by atoms with Gasteiger partial charge < -0.3 is 10.3 Å². The topological polar surface area (TPSA) is 95.7 Å². The van der Waals surface area contributed by atoms with E-state index in [9.17, 15) is 0 Å². The summed E-state index contributed by atoms with van der Waals surface area (Å²) >= 11 is 3.41. The number of nitrogens with two attached hydrogens (primary N) is 1. The zero-order chi connectivity index (χ0) is 13.9. The van der Waals surface area contributed by atoms with E-state index in [4.69, 9.17) is 10.3 Å². The van der Waals surface area contributed by atoms with Gasteiger partial charge in [-0.05, 0) is 12.1 Å². The van der Waals surface area contributed by atoms with Crippen LogP contribution in [0.4, 0.5) is 0 Å². The first kappa shape index (κ1) is 12.9. The number of rotatable bonds is 4. The highest BCUT2D eigenvalue weighted by Crippen LogP contribution is 2.23. The van der Waals surface area contributed by atoms with Gasteiger partial charge in [0.2, 0.25) is 5.82 Å². The first-order valence-electron chi connectivity index (χ1n) is 5.96. The number of halogens is 1. The summed E-state index contributed by atoms with van der Waals surface area (Å²) in [7, 11) is 0. The van der Waals surface area contributed by atoms with Crippen LogP contribution < -0.4 is 5.73 Å². The molecule has 2 N–H and O–H groups in total. The van der Waals surface area contributed by atoms with Crippen molar-refractivity contribution >= 4 is 15.9 Å². The number of aromatic nitrogens is 5. The van der Waals surface area contributed by atoms with Crippen LogP contribution in [0, 0.1) is 0 Å². The number of hydrogen-bond acceptors (Lipinski definition) is 6. The first-order chi connectivity index (χ1) is 9.76. The van der Waals surface area contributed by atoms with Gasteiger partial charge >= 0.3 is 0 Å². The molecule has 0 radical (unpaired) electrons. The van der Waals surface area contributed by atoms with E-state index in [1.165, 1.54) is 0 Å². The predicted octanol–water partition coefficient (Wildman–Crippen LogP) is 1.72. The van der Waals surface area contributed by atoms with Crippen molar-refractivity contribution in [1.29, 1.82) is 0 Å². The first-order valence-corrected chi connectivity index (χ1v) is 6.76. The average Bonchev–Trinajstić information content (AvgIpc) is 3.07. The van der Waals surface area contributed by atoms with E-state index in [0.717, 1.165) is 10.0 Å². The van der Waals surface area contributed by atoms with Crippen molar-refractivity contribution in [2.75, 3.05) is 6.54 Å². The number of nitrogens with zero attached hydrogens (tertiary/aromatic N) is 5. The summed E-state index contributed by atoms with van der Waals surface area (Å²) in [6, 6.07) is 7.67. The van der Waals surface area contributed by atoms with Crippen molar-refractivity contribution in [3.63, 3.8) is 0 Å². The smallest absolute Gasteiger partial charge is 0.280 e. The Bertz CT molecular complexity index is 722. The van der Waals surface area contributed by atoms with Gasteiger partial charge in [0.05, 0.1) is 12.7 Å². The quantitative estimate of drug-likeness (QED) is 0.780. The third-order valence-corrected chi connectivity index (χ3v) is 3.12. The fraction of sp³-hybridized carbons (Fsp3) is 0.167. The van der Waals surface area contributed by atoms with Gasteiger partial charge in [0, 0.05) is 16.6 Å². The lowest BCUT2D eigenvalue weighted by molar-refractivity contribution is 0.431. The molecule has 102 valence electrons. The minimum absolute atomic E-state index is 0.336.